The van der Waals surface area contributed by atoms with Crippen LogP contribution < -0.4 is 11.3 Å². The Balaban J connectivity index is 2.40. The lowest BCUT2D eigenvalue weighted by molar-refractivity contribution is 0.520. The summed E-state index contributed by atoms with van der Waals surface area (Å²) in [5, 5.41) is 0.693. The summed E-state index contributed by atoms with van der Waals surface area (Å²) in [7, 11) is 0. The molecule has 0 aliphatic carbocycles. The lowest BCUT2D eigenvalue weighted by atomic mass is 10.00. The first-order valence-corrected chi connectivity index (χ1v) is 5.35. The van der Waals surface area contributed by atoms with Crippen LogP contribution in [-0.4, -0.2) is 0 Å². The third-order valence-electron chi connectivity index (χ3n) is 2.56. The number of rotatable bonds is 3. The molecule has 0 radical (unpaired) electrons. The molecule has 0 fully saturated rings. The van der Waals surface area contributed by atoms with Crippen LogP contribution in [0.4, 0.5) is 0 Å². The quantitative estimate of drug-likeness (QED) is 0.637. The highest BCUT2D eigenvalue weighted by Gasteiger charge is 2.16. The Labute approximate surface area is 99.2 Å². The largest absolute Gasteiger partial charge is 0.469 e. The van der Waals surface area contributed by atoms with Crippen molar-refractivity contribution in [1.82, 2.24) is 5.43 Å². The average Bonchev–Trinajstić information content (AvgIpc) is 2.67. The normalized spacial score (nSPS) is 12.7. The number of nitrogens with two attached hydrogens (primary N) is 1. The minimum Gasteiger partial charge on any atom is -0.469 e. The van der Waals surface area contributed by atoms with Gasteiger partial charge in [0.25, 0.3) is 0 Å². The number of benzene rings is 1. The Morgan fingerprint density at radius 3 is 2.75 bits per heavy atom. The molecule has 84 valence electrons. The second-order valence-corrected chi connectivity index (χ2v) is 4.02. The van der Waals surface area contributed by atoms with Gasteiger partial charge in [0.05, 0.1) is 12.3 Å². The number of aryl methyl sites for hydroxylation is 1. The number of hydrogen-bond donors (Lipinski definition) is 2. The summed E-state index contributed by atoms with van der Waals surface area (Å²) in [5.74, 6) is 6.43. The van der Waals surface area contributed by atoms with Crippen molar-refractivity contribution < 1.29 is 4.42 Å². The zero-order valence-electron chi connectivity index (χ0n) is 8.91. The molecular weight excluding hydrogens is 224 g/mol. The van der Waals surface area contributed by atoms with Crippen LogP contribution >= 0.6 is 11.6 Å². The van der Waals surface area contributed by atoms with Crippen LogP contribution in [0, 0.1) is 6.92 Å². The van der Waals surface area contributed by atoms with Gasteiger partial charge >= 0.3 is 0 Å². The van der Waals surface area contributed by atoms with Crippen LogP contribution in [0.1, 0.15) is 22.9 Å². The Hall–Kier alpha value is -1.29. The summed E-state index contributed by atoms with van der Waals surface area (Å²) in [5.41, 5.74) is 4.80. The average molecular weight is 237 g/mol. The van der Waals surface area contributed by atoms with E-state index in [9.17, 15) is 0 Å². The van der Waals surface area contributed by atoms with E-state index in [1.165, 1.54) is 0 Å². The van der Waals surface area contributed by atoms with Crippen molar-refractivity contribution in [2.45, 2.75) is 13.0 Å². The highest BCUT2D eigenvalue weighted by atomic mass is 35.5. The lowest BCUT2D eigenvalue weighted by Crippen LogP contribution is -2.28. The highest BCUT2D eigenvalue weighted by molar-refractivity contribution is 6.30. The first-order chi connectivity index (χ1) is 7.72. The van der Waals surface area contributed by atoms with Crippen molar-refractivity contribution >= 4 is 11.6 Å². The van der Waals surface area contributed by atoms with E-state index in [0.717, 1.165) is 16.9 Å². The van der Waals surface area contributed by atoms with Crippen molar-refractivity contribution in [2.75, 3.05) is 0 Å². The van der Waals surface area contributed by atoms with E-state index in [1.54, 1.807) is 6.26 Å². The van der Waals surface area contributed by atoms with Crippen LogP contribution in [-0.2, 0) is 0 Å². The first-order valence-electron chi connectivity index (χ1n) is 4.98. The summed E-state index contributed by atoms with van der Waals surface area (Å²) < 4.78 is 5.27. The van der Waals surface area contributed by atoms with Crippen molar-refractivity contribution in [3.63, 3.8) is 0 Å². The third kappa shape index (κ3) is 2.11. The van der Waals surface area contributed by atoms with Crippen molar-refractivity contribution in [2.24, 2.45) is 5.84 Å². The van der Waals surface area contributed by atoms with Crippen LogP contribution in [0.5, 0.6) is 0 Å². The van der Waals surface area contributed by atoms with Crippen molar-refractivity contribution in [3.8, 4) is 0 Å². The van der Waals surface area contributed by atoms with Crippen LogP contribution in [0.2, 0.25) is 5.02 Å². The van der Waals surface area contributed by atoms with Gasteiger partial charge in [0, 0.05) is 10.6 Å². The topological polar surface area (TPSA) is 51.2 Å². The molecule has 1 aromatic heterocycles. The minimum atomic E-state index is -0.0996. The summed E-state index contributed by atoms with van der Waals surface area (Å²) >= 11 is 5.96. The number of furan rings is 1. The molecule has 1 heterocycles. The molecule has 0 amide bonds. The number of nitrogens with one attached hydrogen (secondary N) is 1. The SMILES string of the molecule is Cc1occc1C(NN)c1cccc(Cl)c1. The van der Waals surface area contributed by atoms with Gasteiger partial charge in [0.2, 0.25) is 0 Å². The van der Waals surface area contributed by atoms with Gasteiger partial charge in [-0.1, -0.05) is 23.7 Å². The van der Waals surface area contributed by atoms with Crippen molar-refractivity contribution in [1.29, 1.82) is 0 Å². The molecule has 1 unspecified atom stereocenters. The fourth-order valence-corrected chi connectivity index (χ4v) is 1.94. The van der Waals surface area contributed by atoms with Gasteiger partial charge in [-0.2, -0.15) is 0 Å². The summed E-state index contributed by atoms with van der Waals surface area (Å²) in [6.07, 6.45) is 1.65. The maximum atomic E-state index is 5.96. The van der Waals surface area contributed by atoms with E-state index in [4.69, 9.17) is 21.9 Å². The zero-order chi connectivity index (χ0) is 11.5. The zero-order valence-corrected chi connectivity index (χ0v) is 9.66. The lowest BCUT2D eigenvalue weighted by Gasteiger charge is -2.15. The molecule has 1 aromatic carbocycles. The molecule has 0 spiro atoms. The fourth-order valence-electron chi connectivity index (χ4n) is 1.75. The van der Waals surface area contributed by atoms with Gasteiger partial charge in [-0.3, -0.25) is 5.84 Å². The summed E-state index contributed by atoms with van der Waals surface area (Å²) in [4.78, 5) is 0. The van der Waals surface area contributed by atoms with Crippen LogP contribution in [0.15, 0.2) is 41.0 Å². The van der Waals surface area contributed by atoms with Gasteiger partial charge in [-0.15, -0.1) is 0 Å². The Morgan fingerprint density at radius 1 is 1.38 bits per heavy atom. The predicted molar refractivity (Wildman–Crippen MR) is 64.1 cm³/mol. The Bertz CT molecular complexity index is 481. The molecule has 3 nitrogen and oxygen atoms in total. The monoisotopic (exact) mass is 236 g/mol. The molecular formula is C12H13ClN2O. The highest BCUT2D eigenvalue weighted by Crippen LogP contribution is 2.26. The number of hydrazine groups is 1. The van der Waals surface area contributed by atoms with Crippen LogP contribution in [0.25, 0.3) is 0 Å². The van der Waals surface area contributed by atoms with Gasteiger partial charge in [0.1, 0.15) is 5.76 Å². The maximum Gasteiger partial charge on any atom is 0.105 e. The molecule has 2 rings (SSSR count). The van der Waals surface area contributed by atoms with Gasteiger partial charge in [-0.25, -0.2) is 5.43 Å². The third-order valence-corrected chi connectivity index (χ3v) is 2.79. The molecule has 1 atom stereocenters. The van der Waals surface area contributed by atoms with E-state index in [1.807, 2.05) is 37.3 Å². The predicted octanol–water partition coefficient (Wildman–Crippen LogP) is 2.79. The van der Waals surface area contributed by atoms with E-state index in [-0.39, 0.29) is 6.04 Å². The van der Waals surface area contributed by atoms with Crippen molar-refractivity contribution in [3.05, 3.63) is 58.5 Å². The van der Waals surface area contributed by atoms with Gasteiger partial charge < -0.3 is 4.42 Å². The van der Waals surface area contributed by atoms with E-state index in [2.05, 4.69) is 5.43 Å². The summed E-state index contributed by atoms with van der Waals surface area (Å²) in [6.45, 7) is 1.91. The second-order valence-electron chi connectivity index (χ2n) is 3.59. The van der Waals surface area contributed by atoms with Crippen LogP contribution in [0.3, 0.4) is 0 Å². The molecule has 3 N–H and O–H groups in total. The number of hydrogen-bond acceptors (Lipinski definition) is 3. The maximum absolute atomic E-state index is 5.96. The number of halogens is 1. The Kier molecular flexibility index (Phi) is 3.29. The van der Waals surface area contributed by atoms with E-state index >= 15 is 0 Å². The molecule has 0 saturated carbocycles. The Morgan fingerprint density at radius 2 is 2.19 bits per heavy atom. The molecule has 2 aromatic rings. The molecule has 0 bridgehead atoms. The summed E-state index contributed by atoms with van der Waals surface area (Å²) in [6, 6.07) is 9.40. The smallest absolute Gasteiger partial charge is 0.105 e. The molecule has 0 aliphatic heterocycles. The second kappa shape index (κ2) is 4.70. The van der Waals surface area contributed by atoms with E-state index in [0.29, 0.717) is 5.02 Å². The molecule has 16 heavy (non-hydrogen) atoms. The van der Waals surface area contributed by atoms with Gasteiger partial charge in [0.15, 0.2) is 0 Å². The molecule has 0 saturated heterocycles. The standard InChI is InChI=1S/C12H13ClN2O/c1-8-11(5-6-16-8)12(15-14)9-3-2-4-10(13)7-9/h2-7,12,15H,14H2,1H3. The first kappa shape index (κ1) is 11.2. The molecule has 4 heteroatoms. The minimum absolute atomic E-state index is 0.0996. The molecule has 0 aliphatic rings. The van der Waals surface area contributed by atoms with E-state index < -0.39 is 0 Å². The fraction of sp³-hybridized carbons (Fsp3) is 0.167. The van der Waals surface area contributed by atoms with Gasteiger partial charge in [-0.05, 0) is 30.7 Å².